The van der Waals surface area contributed by atoms with Crippen LogP contribution >= 0.6 is 15.9 Å². The number of anilines is 1. The van der Waals surface area contributed by atoms with Crippen molar-refractivity contribution >= 4 is 56.1 Å². The van der Waals surface area contributed by atoms with Crippen molar-refractivity contribution in [2.45, 2.75) is 26.7 Å². The molecule has 8 nitrogen and oxygen atoms in total. The molecule has 1 fully saturated rings. The van der Waals surface area contributed by atoms with Crippen molar-refractivity contribution in [3.05, 3.63) is 100 Å². The fourth-order valence-electron chi connectivity index (χ4n) is 6.20. The number of Topliss-reactive ketones (excluding diaryl/α,β-unsaturated/α-hetero) is 1. The Balaban J connectivity index is 1.31. The number of esters is 1. The van der Waals surface area contributed by atoms with E-state index in [0.717, 1.165) is 10.0 Å². The Morgan fingerprint density at radius 2 is 1.73 bits per heavy atom. The Labute approximate surface area is 269 Å². The van der Waals surface area contributed by atoms with Crippen molar-refractivity contribution in [2.24, 2.45) is 17.8 Å². The van der Waals surface area contributed by atoms with Crippen molar-refractivity contribution in [3.8, 4) is 17.0 Å². The number of imide groups is 1. The number of amides is 2. The van der Waals surface area contributed by atoms with Gasteiger partial charge in [-0.25, -0.2) is 9.78 Å². The van der Waals surface area contributed by atoms with Gasteiger partial charge >= 0.3 is 5.97 Å². The summed E-state index contributed by atoms with van der Waals surface area (Å²) < 4.78 is 11.5. The fraction of sp³-hybridized carbons (Fsp3) is 0.250. The van der Waals surface area contributed by atoms with Gasteiger partial charge in [-0.2, -0.15) is 0 Å². The van der Waals surface area contributed by atoms with E-state index in [1.165, 1.54) is 4.90 Å². The minimum absolute atomic E-state index is 0.00347. The zero-order valence-electron chi connectivity index (χ0n) is 25.1. The molecular formula is C36H31BrN2O6. The van der Waals surface area contributed by atoms with Crippen molar-refractivity contribution in [2.75, 3.05) is 18.6 Å². The number of fused-ring (bicyclic) bond motifs is 2. The topological polar surface area (TPSA) is 103 Å². The molecule has 9 heteroatoms. The molecule has 1 saturated heterocycles. The molecule has 0 saturated carbocycles. The standard InChI is InChI=1S/C36H31BrN2O6/c1-4-21-16-24(37)17-28-29(36(43)45-19-31(40)23-10-14-26(44-3)15-11-23)18-30(38-33(21)28)22-8-12-25(13-9-22)39-34(41)27-7-5-6-20(2)32(27)35(39)42/h5-6,8-18,20,27,32H,4,7,19H2,1-3H3. The van der Waals surface area contributed by atoms with Crippen LogP contribution in [-0.2, 0) is 20.7 Å². The maximum atomic E-state index is 13.5. The summed E-state index contributed by atoms with van der Waals surface area (Å²) >= 11 is 3.54. The molecule has 0 spiro atoms. The van der Waals surface area contributed by atoms with Gasteiger partial charge in [0, 0.05) is 21.0 Å². The highest BCUT2D eigenvalue weighted by Gasteiger charge is 2.50. The number of allylic oxidation sites excluding steroid dienone is 2. The number of carbonyl (C=O) groups excluding carboxylic acids is 4. The van der Waals surface area contributed by atoms with Crippen molar-refractivity contribution in [3.63, 3.8) is 0 Å². The second-order valence-corrected chi connectivity index (χ2v) is 12.2. The Hall–Kier alpha value is -4.63. The number of aromatic nitrogens is 1. The number of nitrogens with zero attached hydrogens (tertiary/aromatic N) is 2. The lowest BCUT2D eigenvalue weighted by Crippen LogP contribution is -2.31. The van der Waals surface area contributed by atoms with Gasteiger partial charge in [0.05, 0.1) is 41.4 Å². The smallest absolute Gasteiger partial charge is 0.339 e. The molecule has 0 radical (unpaired) electrons. The van der Waals surface area contributed by atoms with Gasteiger partial charge in [-0.15, -0.1) is 0 Å². The number of methoxy groups -OCH3 is 1. The molecule has 3 unspecified atom stereocenters. The van der Waals surface area contributed by atoms with Crippen LogP contribution in [0, 0.1) is 17.8 Å². The normalized spacial score (nSPS) is 19.1. The summed E-state index contributed by atoms with van der Waals surface area (Å²) in [5, 5.41) is 0.599. The van der Waals surface area contributed by atoms with E-state index < -0.39 is 12.6 Å². The van der Waals surface area contributed by atoms with Gasteiger partial charge < -0.3 is 9.47 Å². The largest absolute Gasteiger partial charge is 0.497 e. The number of carbonyl (C=O) groups is 4. The third kappa shape index (κ3) is 5.68. The van der Waals surface area contributed by atoms with Crippen LogP contribution in [0.5, 0.6) is 5.75 Å². The summed E-state index contributed by atoms with van der Waals surface area (Å²) in [6.07, 6.45) is 5.22. The third-order valence-corrected chi connectivity index (χ3v) is 9.06. The van der Waals surface area contributed by atoms with Gasteiger partial charge in [-0.1, -0.05) is 54.1 Å². The Morgan fingerprint density at radius 3 is 2.40 bits per heavy atom. The summed E-state index contributed by atoms with van der Waals surface area (Å²) in [5.41, 5.74) is 3.97. The van der Waals surface area contributed by atoms with E-state index in [9.17, 15) is 19.2 Å². The molecule has 45 heavy (non-hydrogen) atoms. The maximum Gasteiger partial charge on any atom is 0.339 e. The highest BCUT2D eigenvalue weighted by atomic mass is 79.9. The van der Waals surface area contributed by atoms with Crippen LogP contribution in [0.3, 0.4) is 0 Å². The first kappa shape index (κ1) is 30.4. The predicted octanol–water partition coefficient (Wildman–Crippen LogP) is 6.98. The van der Waals surface area contributed by atoms with Crippen LogP contribution in [0.2, 0.25) is 0 Å². The molecule has 0 bridgehead atoms. The van der Waals surface area contributed by atoms with Crippen molar-refractivity contribution < 1.29 is 28.7 Å². The lowest BCUT2D eigenvalue weighted by atomic mass is 9.78. The summed E-state index contributed by atoms with van der Waals surface area (Å²) in [4.78, 5) is 59.0. The monoisotopic (exact) mass is 666 g/mol. The van der Waals surface area contributed by atoms with E-state index in [-0.39, 0.29) is 40.9 Å². The first-order chi connectivity index (χ1) is 21.7. The number of benzene rings is 3. The minimum Gasteiger partial charge on any atom is -0.497 e. The summed E-state index contributed by atoms with van der Waals surface area (Å²) in [7, 11) is 1.54. The third-order valence-electron chi connectivity index (χ3n) is 8.60. The average molecular weight is 668 g/mol. The summed E-state index contributed by atoms with van der Waals surface area (Å²) in [6.45, 7) is 3.55. The van der Waals surface area contributed by atoms with Crippen LogP contribution in [0.25, 0.3) is 22.2 Å². The number of halogens is 1. The quantitative estimate of drug-likeness (QED) is 0.0865. The molecule has 3 aromatic carbocycles. The molecule has 0 N–H and O–H groups in total. The van der Waals surface area contributed by atoms with Crippen LogP contribution in [0.4, 0.5) is 5.69 Å². The zero-order valence-corrected chi connectivity index (χ0v) is 26.7. The fourth-order valence-corrected chi connectivity index (χ4v) is 6.70. The highest BCUT2D eigenvalue weighted by molar-refractivity contribution is 9.10. The van der Waals surface area contributed by atoms with Gasteiger partial charge in [0.1, 0.15) is 5.75 Å². The zero-order chi connectivity index (χ0) is 31.8. The molecule has 3 atom stereocenters. The Bertz CT molecular complexity index is 1870. The van der Waals surface area contributed by atoms with Crippen molar-refractivity contribution in [1.29, 1.82) is 0 Å². The van der Waals surface area contributed by atoms with Crippen LogP contribution < -0.4 is 9.64 Å². The molecule has 1 aliphatic heterocycles. The van der Waals surface area contributed by atoms with Gasteiger partial charge in [0.15, 0.2) is 12.4 Å². The van der Waals surface area contributed by atoms with Gasteiger partial charge in [0.25, 0.3) is 0 Å². The average Bonchev–Trinajstić information content (AvgIpc) is 3.32. The minimum atomic E-state index is -0.652. The summed E-state index contributed by atoms with van der Waals surface area (Å²) in [5.74, 6) is -1.40. The van der Waals surface area contributed by atoms with E-state index in [2.05, 4.69) is 15.9 Å². The van der Waals surface area contributed by atoms with Crippen LogP contribution in [0.15, 0.2) is 83.4 Å². The first-order valence-corrected chi connectivity index (χ1v) is 15.6. The molecule has 6 rings (SSSR count). The number of hydrogen-bond acceptors (Lipinski definition) is 7. The lowest BCUT2D eigenvalue weighted by Gasteiger charge is -2.22. The molecular weight excluding hydrogens is 636 g/mol. The van der Waals surface area contributed by atoms with E-state index in [1.807, 2.05) is 38.1 Å². The van der Waals surface area contributed by atoms with Gasteiger partial charge in [0.2, 0.25) is 11.8 Å². The SMILES string of the molecule is CCc1cc(Br)cc2c(C(=O)OCC(=O)c3ccc(OC)cc3)cc(-c3ccc(N4C(=O)C5CC=CC(C)C5C4=O)cc3)nc12. The van der Waals surface area contributed by atoms with Crippen LogP contribution in [0.1, 0.15) is 46.5 Å². The van der Waals surface area contributed by atoms with E-state index in [1.54, 1.807) is 61.7 Å². The molecule has 2 aliphatic rings. The van der Waals surface area contributed by atoms with Crippen molar-refractivity contribution in [1.82, 2.24) is 4.98 Å². The van der Waals surface area contributed by atoms with E-state index >= 15 is 0 Å². The lowest BCUT2D eigenvalue weighted by molar-refractivity contribution is -0.122. The van der Waals surface area contributed by atoms with Gasteiger partial charge in [-0.3, -0.25) is 19.3 Å². The number of ketones is 1. The second kappa shape index (κ2) is 12.4. The molecule has 228 valence electrons. The molecule has 2 amide bonds. The number of aryl methyl sites for hydroxylation is 1. The molecule has 1 aromatic heterocycles. The Morgan fingerprint density at radius 1 is 1.00 bits per heavy atom. The maximum absolute atomic E-state index is 13.5. The molecule has 4 aromatic rings. The number of pyridine rings is 1. The molecule has 1 aliphatic carbocycles. The van der Waals surface area contributed by atoms with E-state index in [0.29, 0.717) is 52.0 Å². The molecule has 2 heterocycles. The Kier molecular flexibility index (Phi) is 8.38. The predicted molar refractivity (Wildman–Crippen MR) is 174 cm³/mol. The van der Waals surface area contributed by atoms with Crippen LogP contribution in [-0.4, -0.2) is 42.3 Å². The number of ether oxygens (including phenoxy) is 2. The number of hydrogen-bond donors (Lipinski definition) is 0. The summed E-state index contributed by atoms with van der Waals surface area (Å²) in [6, 6.07) is 19.1. The first-order valence-electron chi connectivity index (χ1n) is 14.8. The highest BCUT2D eigenvalue weighted by Crippen LogP contribution is 2.41. The van der Waals surface area contributed by atoms with Gasteiger partial charge in [-0.05, 0) is 78.9 Å². The van der Waals surface area contributed by atoms with E-state index in [4.69, 9.17) is 14.5 Å². The number of rotatable bonds is 8. The second-order valence-electron chi connectivity index (χ2n) is 11.3.